The van der Waals surface area contributed by atoms with Crippen molar-refractivity contribution in [2.75, 3.05) is 6.61 Å². The standard InChI is InChI=1S/C10H16NOS/c1-12-7-5-3-2-4-6-10-8-13-9-11-10/h8-9H,1-7H2. The van der Waals surface area contributed by atoms with E-state index in [1.54, 1.807) is 11.3 Å². The van der Waals surface area contributed by atoms with E-state index >= 15 is 0 Å². The molecule has 0 spiro atoms. The molecule has 0 atom stereocenters. The lowest BCUT2D eigenvalue weighted by Crippen LogP contribution is -1.89. The predicted molar refractivity (Wildman–Crippen MR) is 55.6 cm³/mol. The SMILES string of the molecule is [CH2]OCCCCCCc1cscn1. The first-order valence-corrected chi connectivity index (χ1v) is 5.62. The van der Waals surface area contributed by atoms with E-state index in [0.717, 1.165) is 19.4 Å². The summed E-state index contributed by atoms with van der Waals surface area (Å²) in [5, 5.41) is 2.12. The zero-order valence-electron chi connectivity index (χ0n) is 7.87. The van der Waals surface area contributed by atoms with Gasteiger partial charge in [-0.3, -0.25) is 0 Å². The fourth-order valence-electron chi connectivity index (χ4n) is 1.22. The van der Waals surface area contributed by atoms with Crippen LogP contribution < -0.4 is 0 Å². The topological polar surface area (TPSA) is 22.1 Å². The highest BCUT2D eigenvalue weighted by molar-refractivity contribution is 7.07. The van der Waals surface area contributed by atoms with E-state index in [1.165, 1.54) is 25.0 Å². The summed E-state index contributed by atoms with van der Waals surface area (Å²) in [6.07, 6.45) is 5.98. The van der Waals surface area contributed by atoms with Gasteiger partial charge in [-0.25, -0.2) is 4.98 Å². The van der Waals surface area contributed by atoms with Crippen molar-refractivity contribution in [2.45, 2.75) is 32.1 Å². The molecule has 0 saturated carbocycles. The number of ether oxygens (including phenoxy) is 1. The third-order valence-electron chi connectivity index (χ3n) is 1.96. The summed E-state index contributed by atoms with van der Waals surface area (Å²) in [6.45, 7) is 0.788. The molecule has 0 unspecified atom stereocenters. The summed E-state index contributed by atoms with van der Waals surface area (Å²) in [7, 11) is 3.34. The van der Waals surface area contributed by atoms with Crippen LogP contribution in [0, 0.1) is 7.11 Å². The zero-order chi connectivity index (χ0) is 9.36. The second kappa shape index (κ2) is 7.04. The number of nitrogens with zero attached hydrogens (tertiary/aromatic N) is 1. The smallest absolute Gasteiger partial charge is 0.0794 e. The molecule has 0 aliphatic rings. The number of unbranched alkanes of at least 4 members (excludes halogenated alkanes) is 3. The van der Waals surface area contributed by atoms with Crippen LogP contribution in [0.5, 0.6) is 0 Å². The van der Waals surface area contributed by atoms with Gasteiger partial charge in [0, 0.05) is 12.0 Å². The van der Waals surface area contributed by atoms with Gasteiger partial charge in [-0.05, 0) is 19.3 Å². The first-order valence-electron chi connectivity index (χ1n) is 4.67. The van der Waals surface area contributed by atoms with Gasteiger partial charge in [0.1, 0.15) is 0 Å². The van der Waals surface area contributed by atoms with Gasteiger partial charge in [-0.1, -0.05) is 12.8 Å². The molecule has 1 radical (unpaired) electrons. The second-order valence-electron chi connectivity index (χ2n) is 3.05. The lowest BCUT2D eigenvalue weighted by Gasteiger charge is -1.98. The average Bonchev–Trinajstić information content (AvgIpc) is 2.63. The van der Waals surface area contributed by atoms with E-state index in [4.69, 9.17) is 4.74 Å². The van der Waals surface area contributed by atoms with Crippen molar-refractivity contribution in [1.82, 2.24) is 4.98 Å². The molecule has 0 N–H and O–H groups in total. The molecule has 1 heterocycles. The van der Waals surface area contributed by atoms with Crippen LogP contribution in [-0.4, -0.2) is 11.6 Å². The first-order chi connectivity index (χ1) is 6.43. The van der Waals surface area contributed by atoms with Crippen LogP contribution >= 0.6 is 11.3 Å². The maximum Gasteiger partial charge on any atom is 0.0794 e. The van der Waals surface area contributed by atoms with Gasteiger partial charge >= 0.3 is 0 Å². The van der Waals surface area contributed by atoms with Gasteiger partial charge < -0.3 is 4.74 Å². The van der Waals surface area contributed by atoms with E-state index in [9.17, 15) is 0 Å². The molecule has 1 rings (SSSR count). The highest BCUT2D eigenvalue weighted by Gasteiger charge is 1.94. The number of aromatic nitrogens is 1. The summed E-state index contributed by atoms with van der Waals surface area (Å²) in [6, 6.07) is 0. The van der Waals surface area contributed by atoms with Crippen molar-refractivity contribution in [2.24, 2.45) is 0 Å². The van der Waals surface area contributed by atoms with Crippen LogP contribution in [0.2, 0.25) is 0 Å². The third-order valence-corrected chi connectivity index (χ3v) is 2.59. The number of hydrogen-bond acceptors (Lipinski definition) is 3. The molecule has 1 aromatic heterocycles. The van der Waals surface area contributed by atoms with E-state index < -0.39 is 0 Å². The molecule has 0 aromatic carbocycles. The van der Waals surface area contributed by atoms with E-state index in [-0.39, 0.29) is 0 Å². The Morgan fingerprint density at radius 3 is 2.85 bits per heavy atom. The molecule has 1 aromatic rings. The van der Waals surface area contributed by atoms with Gasteiger partial charge in [0.2, 0.25) is 0 Å². The Hall–Kier alpha value is -0.410. The Morgan fingerprint density at radius 2 is 2.15 bits per heavy atom. The zero-order valence-corrected chi connectivity index (χ0v) is 8.68. The summed E-state index contributed by atoms with van der Waals surface area (Å²) < 4.78 is 4.73. The van der Waals surface area contributed by atoms with E-state index in [1.807, 2.05) is 5.51 Å². The van der Waals surface area contributed by atoms with Crippen LogP contribution in [0.15, 0.2) is 10.9 Å². The minimum Gasteiger partial charge on any atom is -0.379 e. The maximum absolute atomic E-state index is 4.73. The molecule has 0 saturated heterocycles. The van der Waals surface area contributed by atoms with Crippen LogP contribution in [-0.2, 0) is 11.2 Å². The van der Waals surface area contributed by atoms with Crippen molar-refractivity contribution >= 4 is 11.3 Å². The number of thiazole rings is 1. The van der Waals surface area contributed by atoms with Gasteiger partial charge in [0.25, 0.3) is 0 Å². The minimum absolute atomic E-state index is 0.788. The Morgan fingerprint density at radius 1 is 1.31 bits per heavy atom. The van der Waals surface area contributed by atoms with Crippen LogP contribution in [0.3, 0.4) is 0 Å². The molecular weight excluding hydrogens is 182 g/mol. The number of aryl methyl sites for hydroxylation is 1. The summed E-state index contributed by atoms with van der Waals surface area (Å²) in [5.74, 6) is 0. The molecule has 0 amide bonds. The van der Waals surface area contributed by atoms with Crippen LogP contribution in [0.25, 0.3) is 0 Å². The van der Waals surface area contributed by atoms with Crippen molar-refractivity contribution < 1.29 is 4.74 Å². The van der Waals surface area contributed by atoms with E-state index in [0.29, 0.717) is 0 Å². The second-order valence-corrected chi connectivity index (χ2v) is 3.77. The predicted octanol–water partition coefficient (Wildman–Crippen LogP) is 3.05. The van der Waals surface area contributed by atoms with Gasteiger partial charge in [-0.15, -0.1) is 11.3 Å². The maximum atomic E-state index is 4.73. The summed E-state index contributed by atoms with van der Waals surface area (Å²) >= 11 is 1.67. The van der Waals surface area contributed by atoms with Crippen molar-refractivity contribution in [3.63, 3.8) is 0 Å². The Labute approximate surface area is 84.0 Å². The number of hydrogen-bond donors (Lipinski definition) is 0. The Balaban J connectivity index is 1.90. The largest absolute Gasteiger partial charge is 0.379 e. The van der Waals surface area contributed by atoms with E-state index in [2.05, 4.69) is 17.5 Å². The van der Waals surface area contributed by atoms with Crippen LogP contribution in [0.4, 0.5) is 0 Å². The molecule has 13 heavy (non-hydrogen) atoms. The van der Waals surface area contributed by atoms with Gasteiger partial charge in [0.15, 0.2) is 0 Å². The monoisotopic (exact) mass is 198 g/mol. The van der Waals surface area contributed by atoms with Crippen molar-refractivity contribution in [3.05, 3.63) is 23.7 Å². The lowest BCUT2D eigenvalue weighted by atomic mass is 10.1. The normalized spacial score (nSPS) is 10.5. The molecule has 0 fully saturated rings. The van der Waals surface area contributed by atoms with Gasteiger partial charge in [0.05, 0.1) is 18.3 Å². The average molecular weight is 198 g/mol. The Bertz CT molecular complexity index is 199. The third kappa shape index (κ3) is 5.01. The summed E-state index contributed by atoms with van der Waals surface area (Å²) in [4.78, 5) is 4.23. The molecule has 0 bridgehead atoms. The van der Waals surface area contributed by atoms with Crippen LogP contribution in [0.1, 0.15) is 31.4 Å². The molecule has 3 heteroatoms. The van der Waals surface area contributed by atoms with Crippen molar-refractivity contribution in [1.29, 1.82) is 0 Å². The summed E-state index contributed by atoms with van der Waals surface area (Å²) in [5.41, 5.74) is 3.13. The highest BCUT2D eigenvalue weighted by atomic mass is 32.1. The molecule has 73 valence electrons. The fraction of sp³-hybridized carbons (Fsp3) is 0.600. The molecule has 0 aliphatic carbocycles. The first kappa shape index (κ1) is 10.7. The van der Waals surface area contributed by atoms with Crippen molar-refractivity contribution in [3.8, 4) is 0 Å². The lowest BCUT2D eigenvalue weighted by molar-refractivity contribution is 0.233. The van der Waals surface area contributed by atoms with Gasteiger partial charge in [-0.2, -0.15) is 0 Å². The molecule has 2 nitrogen and oxygen atoms in total. The highest BCUT2D eigenvalue weighted by Crippen LogP contribution is 2.08. The molecule has 0 aliphatic heterocycles. The number of rotatable bonds is 7. The molecular formula is C10H16NOS. The quantitative estimate of drug-likeness (QED) is 0.628. The minimum atomic E-state index is 0.788. The fourth-order valence-corrected chi connectivity index (χ4v) is 1.82. The Kier molecular flexibility index (Phi) is 5.78.